The number of nitro groups is 1. The van der Waals surface area contributed by atoms with Crippen molar-refractivity contribution in [3.05, 3.63) is 45.4 Å². The Morgan fingerprint density at radius 2 is 2.18 bits per heavy atom. The van der Waals surface area contributed by atoms with Gasteiger partial charge in [-0.25, -0.2) is 9.67 Å². The van der Waals surface area contributed by atoms with E-state index in [2.05, 4.69) is 20.4 Å². The van der Waals surface area contributed by atoms with Crippen molar-refractivity contribution < 1.29 is 4.92 Å². The quantitative estimate of drug-likeness (QED) is 0.569. The maximum atomic E-state index is 11.1. The van der Waals surface area contributed by atoms with E-state index in [9.17, 15) is 10.1 Å². The first-order chi connectivity index (χ1) is 10.5. The van der Waals surface area contributed by atoms with E-state index in [-0.39, 0.29) is 5.69 Å². The summed E-state index contributed by atoms with van der Waals surface area (Å²) in [4.78, 5) is 18.4. The molecule has 22 heavy (non-hydrogen) atoms. The van der Waals surface area contributed by atoms with Gasteiger partial charge >= 0.3 is 5.69 Å². The number of aryl methyl sites for hydroxylation is 3. The number of nitrogens with zero attached hydrogens (tertiary/aromatic N) is 4. The molecule has 0 aliphatic carbocycles. The number of fused-ring (bicyclic) bond motifs is 1. The highest BCUT2D eigenvalue weighted by atomic mass is 16.6. The van der Waals surface area contributed by atoms with Crippen molar-refractivity contribution in [1.29, 1.82) is 0 Å². The molecule has 0 fully saturated rings. The van der Waals surface area contributed by atoms with Gasteiger partial charge in [-0.15, -0.1) is 0 Å². The predicted molar refractivity (Wildman–Crippen MR) is 82.8 cm³/mol. The van der Waals surface area contributed by atoms with E-state index in [4.69, 9.17) is 0 Å². The number of aromatic nitrogens is 4. The van der Waals surface area contributed by atoms with Gasteiger partial charge in [0.15, 0.2) is 0 Å². The van der Waals surface area contributed by atoms with E-state index in [1.54, 1.807) is 14.0 Å². The molecule has 2 aromatic heterocycles. The topological polar surface area (TPSA) is 102 Å². The van der Waals surface area contributed by atoms with Crippen LogP contribution in [0.15, 0.2) is 18.2 Å². The smallest absolute Gasteiger partial charge is 0.333 e. The number of para-hydroxylation sites is 1. The zero-order valence-corrected chi connectivity index (χ0v) is 12.5. The first-order valence-corrected chi connectivity index (χ1v) is 6.83. The van der Waals surface area contributed by atoms with Crippen LogP contribution in [0.4, 0.5) is 11.5 Å². The molecule has 114 valence electrons. The zero-order chi connectivity index (χ0) is 15.9. The Labute approximate surface area is 126 Å². The Kier molecular flexibility index (Phi) is 3.28. The van der Waals surface area contributed by atoms with Gasteiger partial charge in [-0.2, -0.15) is 5.10 Å². The van der Waals surface area contributed by atoms with Gasteiger partial charge in [-0.1, -0.05) is 12.1 Å². The summed E-state index contributed by atoms with van der Waals surface area (Å²) >= 11 is 0. The van der Waals surface area contributed by atoms with Crippen molar-refractivity contribution in [3.8, 4) is 0 Å². The molecule has 2 N–H and O–H groups in total. The summed E-state index contributed by atoms with van der Waals surface area (Å²) in [6, 6.07) is 5.91. The molecular formula is C14H16N6O2. The maximum absolute atomic E-state index is 11.1. The summed E-state index contributed by atoms with van der Waals surface area (Å²) in [6.45, 7) is 3.97. The Hall–Kier alpha value is -2.90. The van der Waals surface area contributed by atoms with E-state index in [0.717, 1.165) is 22.4 Å². The Morgan fingerprint density at radius 1 is 1.41 bits per heavy atom. The number of anilines is 1. The number of H-pyrrole nitrogens is 1. The molecule has 3 aromatic rings. The molecule has 0 bridgehead atoms. The van der Waals surface area contributed by atoms with Crippen LogP contribution in [0.2, 0.25) is 0 Å². The SMILES string of the molecule is Cc1nn(C)c(NCc2nc3c(C)cccc3[nH]2)c1[N+](=O)[O-]. The Morgan fingerprint density at radius 3 is 2.86 bits per heavy atom. The molecule has 8 nitrogen and oxygen atoms in total. The van der Waals surface area contributed by atoms with Crippen LogP contribution in [0.25, 0.3) is 11.0 Å². The average molecular weight is 300 g/mol. The second-order valence-corrected chi connectivity index (χ2v) is 5.17. The number of hydrogen-bond donors (Lipinski definition) is 2. The van der Waals surface area contributed by atoms with Crippen LogP contribution in [-0.2, 0) is 13.6 Å². The first kappa shape index (κ1) is 14.1. The van der Waals surface area contributed by atoms with Crippen molar-refractivity contribution >= 4 is 22.5 Å². The Balaban J connectivity index is 1.88. The standard InChI is InChI=1S/C14H16N6O2/c1-8-5-4-6-10-12(8)17-11(16-10)7-15-14-13(20(21)22)9(2)18-19(14)3/h4-6,15H,7H2,1-3H3,(H,16,17). The largest absolute Gasteiger partial charge is 0.357 e. The number of aromatic amines is 1. The van der Waals surface area contributed by atoms with Gasteiger partial charge in [-0.3, -0.25) is 10.1 Å². The molecule has 0 atom stereocenters. The highest BCUT2D eigenvalue weighted by Gasteiger charge is 2.23. The van der Waals surface area contributed by atoms with Gasteiger partial charge in [0.2, 0.25) is 5.82 Å². The highest BCUT2D eigenvalue weighted by Crippen LogP contribution is 2.27. The molecule has 0 aliphatic heterocycles. The first-order valence-electron chi connectivity index (χ1n) is 6.83. The molecule has 0 spiro atoms. The summed E-state index contributed by atoms with van der Waals surface area (Å²) < 4.78 is 1.47. The molecule has 2 heterocycles. The van der Waals surface area contributed by atoms with Crippen molar-refractivity contribution in [3.63, 3.8) is 0 Å². The molecule has 0 amide bonds. The molecule has 0 aliphatic rings. The second kappa shape index (κ2) is 5.14. The monoisotopic (exact) mass is 300 g/mol. The van der Waals surface area contributed by atoms with Crippen LogP contribution in [0.3, 0.4) is 0 Å². The third-order valence-electron chi connectivity index (χ3n) is 3.56. The minimum absolute atomic E-state index is 0.00482. The van der Waals surface area contributed by atoms with Gasteiger partial charge in [0, 0.05) is 7.05 Å². The van der Waals surface area contributed by atoms with Crippen LogP contribution < -0.4 is 5.32 Å². The molecule has 0 unspecified atom stereocenters. The van der Waals surface area contributed by atoms with Gasteiger partial charge in [0.1, 0.15) is 11.5 Å². The molecule has 1 aromatic carbocycles. The third kappa shape index (κ3) is 2.28. The lowest BCUT2D eigenvalue weighted by molar-refractivity contribution is -0.384. The summed E-state index contributed by atoms with van der Waals surface area (Å²) in [5.41, 5.74) is 3.33. The van der Waals surface area contributed by atoms with Crippen molar-refractivity contribution in [1.82, 2.24) is 19.7 Å². The molecule has 3 rings (SSSR count). The predicted octanol–water partition coefficient (Wildman–Crippen LogP) is 2.43. The van der Waals surface area contributed by atoms with Crippen molar-refractivity contribution in [2.24, 2.45) is 7.05 Å². The zero-order valence-electron chi connectivity index (χ0n) is 12.5. The lowest BCUT2D eigenvalue weighted by Gasteiger charge is -2.03. The minimum Gasteiger partial charge on any atom is -0.357 e. The lowest BCUT2D eigenvalue weighted by Crippen LogP contribution is -2.07. The number of imidazole rings is 1. The third-order valence-corrected chi connectivity index (χ3v) is 3.56. The van der Waals surface area contributed by atoms with Crippen LogP contribution in [0, 0.1) is 24.0 Å². The number of rotatable bonds is 4. The van der Waals surface area contributed by atoms with Gasteiger partial charge in [-0.05, 0) is 25.5 Å². The summed E-state index contributed by atoms with van der Waals surface area (Å²) in [7, 11) is 1.67. The molecular weight excluding hydrogens is 284 g/mol. The van der Waals surface area contributed by atoms with Gasteiger partial charge < -0.3 is 10.3 Å². The normalized spacial score (nSPS) is 11.0. The fourth-order valence-electron chi connectivity index (χ4n) is 2.54. The van der Waals surface area contributed by atoms with E-state index in [1.165, 1.54) is 4.68 Å². The van der Waals surface area contributed by atoms with E-state index >= 15 is 0 Å². The number of hydrogen-bond acceptors (Lipinski definition) is 5. The fraction of sp³-hybridized carbons (Fsp3) is 0.286. The van der Waals surface area contributed by atoms with Crippen LogP contribution in [0.1, 0.15) is 17.1 Å². The Bertz CT molecular complexity index is 864. The van der Waals surface area contributed by atoms with Crippen molar-refractivity contribution in [2.75, 3.05) is 5.32 Å². The number of benzene rings is 1. The minimum atomic E-state index is -0.423. The molecule has 0 saturated carbocycles. The average Bonchev–Trinajstić information content (AvgIpc) is 2.98. The van der Waals surface area contributed by atoms with Crippen LogP contribution in [-0.4, -0.2) is 24.7 Å². The number of nitrogens with one attached hydrogen (secondary N) is 2. The second-order valence-electron chi connectivity index (χ2n) is 5.17. The van der Waals surface area contributed by atoms with E-state index in [1.807, 2.05) is 25.1 Å². The summed E-state index contributed by atoms with van der Waals surface area (Å²) in [6.07, 6.45) is 0. The van der Waals surface area contributed by atoms with E-state index < -0.39 is 4.92 Å². The highest BCUT2D eigenvalue weighted by molar-refractivity contribution is 5.78. The maximum Gasteiger partial charge on any atom is 0.333 e. The van der Waals surface area contributed by atoms with Crippen LogP contribution >= 0.6 is 0 Å². The molecule has 0 saturated heterocycles. The summed E-state index contributed by atoms with van der Waals surface area (Å²) in [5.74, 6) is 1.09. The fourth-order valence-corrected chi connectivity index (χ4v) is 2.54. The molecule has 0 radical (unpaired) electrons. The summed E-state index contributed by atoms with van der Waals surface area (Å²) in [5, 5.41) is 18.3. The van der Waals surface area contributed by atoms with Gasteiger partial charge in [0.25, 0.3) is 0 Å². The van der Waals surface area contributed by atoms with Gasteiger partial charge in [0.05, 0.1) is 22.5 Å². The molecule has 8 heteroatoms. The van der Waals surface area contributed by atoms with Crippen LogP contribution in [0.5, 0.6) is 0 Å². The van der Waals surface area contributed by atoms with Crippen molar-refractivity contribution in [2.45, 2.75) is 20.4 Å². The van der Waals surface area contributed by atoms with E-state index in [0.29, 0.717) is 18.1 Å². The lowest BCUT2D eigenvalue weighted by atomic mass is 10.2.